The molecule has 1 aliphatic heterocycles. The van der Waals surface area contributed by atoms with Crippen LogP contribution in [0.5, 0.6) is 0 Å². The van der Waals surface area contributed by atoms with Gasteiger partial charge in [-0.1, -0.05) is 48.5 Å². The molecule has 0 spiro atoms. The summed E-state index contributed by atoms with van der Waals surface area (Å²) < 4.78 is 0. The number of carbonyl (C=O) groups excluding carboxylic acids is 2. The van der Waals surface area contributed by atoms with Gasteiger partial charge in [0.1, 0.15) is 5.82 Å². The molecule has 1 saturated heterocycles. The molecular weight excluding hydrogens is 440 g/mol. The van der Waals surface area contributed by atoms with Gasteiger partial charge in [0.05, 0.1) is 42.7 Å². The number of hydrogen-bond donors (Lipinski definition) is 3. The first-order valence-corrected chi connectivity index (χ1v) is 11.9. The molecule has 1 unspecified atom stereocenters. The third-order valence-corrected chi connectivity index (χ3v) is 6.67. The Labute approximate surface area is 203 Å². The predicted molar refractivity (Wildman–Crippen MR) is 134 cm³/mol. The summed E-state index contributed by atoms with van der Waals surface area (Å²) in [6, 6.07) is 16.7. The molecule has 2 aromatic heterocycles. The number of carbonyl (C=O) groups is 2. The second-order valence-corrected chi connectivity index (χ2v) is 8.90. The zero-order valence-corrected chi connectivity index (χ0v) is 19.6. The summed E-state index contributed by atoms with van der Waals surface area (Å²) in [5.74, 6) is 0.694. The average Bonchev–Trinajstić information content (AvgIpc) is 3.60. The Morgan fingerprint density at radius 2 is 1.66 bits per heavy atom. The van der Waals surface area contributed by atoms with Crippen molar-refractivity contribution in [2.75, 3.05) is 6.54 Å². The lowest BCUT2D eigenvalue weighted by molar-refractivity contribution is -0.138. The number of imidazole rings is 2. The highest BCUT2D eigenvalue weighted by Gasteiger charge is 2.34. The predicted octanol–water partition coefficient (Wildman–Crippen LogP) is 4.32. The largest absolute Gasteiger partial charge is 0.350 e. The van der Waals surface area contributed by atoms with Gasteiger partial charge < -0.3 is 20.2 Å². The molecule has 8 heteroatoms. The number of likely N-dealkylation sites (tertiary alicyclic amines) is 1. The van der Waals surface area contributed by atoms with Crippen LogP contribution in [0.2, 0.25) is 0 Å². The maximum Gasteiger partial charge on any atom is 0.242 e. The summed E-state index contributed by atoms with van der Waals surface area (Å²) in [6.45, 7) is 2.05. The molecule has 2 aromatic carbocycles. The topological polar surface area (TPSA) is 107 Å². The fourth-order valence-electron chi connectivity index (χ4n) is 4.85. The van der Waals surface area contributed by atoms with Gasteiger partial charge in [-0.25, -0.2) is 9.97 Å². The van der Waals surface area contributed by atoms with Crippen LogP contribution < -0.4 is 5.32 Å². The van der Waals surface area contributed by atoms with Crippen LogP contribution in [0, 0.1) is 0 Å². The van der Waals surface area contributed by atoms with Crippen LogP contribution >= 0.6 is 0 Å². The van der Waals surface area contributed by atoms with Crippen molar-refractivity contribution in [2.45, 2.75) is 38.3 Å². The van der Waals surface area contributed by atoms with E-state index >= 15 is 0 Å². The van der Waals surface area contributed by atoms with E-state index in [9.17, 15) is 9.59 Å². The van der Waals surface area contributed by atoms with Crippen LogP contribution in [0.15, 0.2) is 67.3 Å². The first kappa shape index (κ1) is 22.6. The molecule has 8 nitrogen and oxygen atoms in total. The van der Waals surface area contributed by atoms with Gasteiger partial charge in [0.2, 0.25) is 12.3 Å². The SMILES string of the molecule is CC1CCC[C@@H](c2ncc(-c3ccc(-c4ccc(-c5cnc[nH]5)cc4)cc3)[nH]2)N1C(=O)CNC=O. The molecule has 4 aromatic rings. The molecule has 3 heterocycles. The van der Waals surface area contributed by atoms with E-state index < -0.39 is 0 Å². The van der Waals surface area contributed by atoms with Crippen molar-refractivity contribution in [3.63, 3.8) is 0 Å². The number of rotatable bonds is 7. The zero-order valence-electron chi connectivity index (χ0n) is 19.6. The number of benzene rings is 2. The van der Waals surface area contributed by atoms with E-state index in [0.29, 0.717) is 6.41 Å². The maximum atomic E-state index is 12.7. The lowest BCUT2D eigenvalue weighted by Crippen LogP contribution is -2.47. The standard InChI is InChI=1S/C27H28N6O2/c1-18-3-2-4-25(33(18)26(35)15-29-17-34)27-30-14-24(32-27)22-11-7-20(8-12-22)19-5-9-21(10-6-19)23-13-28-16-31-23/h5-14,16-18,25H,2-4,15H2,1H3,(H,28,31)(H,29,34)(H,30,32)/t18?,25-/m0/s1. The molecule has 0 aliphatic carbocycles. The van der Waals surface area contributed by atoms with Crippen molar-refractivity contribution in [1.29, 1.82) is 0 Å². The van der Waals surface area contributed by atoms with E-state index in [2.05, 4.69) is 80.7 Å². The highest BCUT2D eigenvalue weighted by molar-refractivity contribution is 5.81. The van der Waals surface area contributed by atoms with E-state index in [-0.39, 0.29) is 24.5 Å². The van der Waals surface area contributed by atoms with Crippen LogP contribution in [0.3, 0.4) is 0 Å². The molecule has 35 heavy (non-hydrogen) atoms. The number of nitrogens with zero attached hydrogens (tertiary/aromatic N) is 3. The second kappa shape index (κ2) is 9.97. The fourth-order valence-corrected chi connectivity index (χ4v) is 4.85. The van der Waals surface area contributed by atoms with Gasteiger partial charge in [-0.05, 0) is 48.4 Å². The van der Waals surface area contributed by atoms with E-state index in [4.69, 9.17) is 0 Å². The van der Waals surface area contributed by atoms with Gasteiger partial charge in [-0.15, -0.1) is 0 Å². The summed E-state index contributed by atoms with van der Waals surface area (Å²) >= 11 is 0. The smallest absolute Gasteiger partial charge is 0.242 e. The summed E-state index contributed by atoms with van der Waals surface area (Å²) in [5, 5.41) is 2.49. The molecule has 0 bridgehead atoms. The van der Waals surface area contributed by atoms with Crippen LogP contribution in [-0.2, 0) is 9.59 Å². The molecule has 5 rings (SSSR count). The van der Waals surface area contributed by atoms with E-state index in [1.165, 1.54) is 0 Å². The Morgan fingerprint density at radius 3 is 2.29 bits per heavy atom. The van der Waals surface area contributed by atoms with E-state index in [1.54, 1.807) is 6.33 Å². The number of aromatic amines is 2. The van der Waals surface area contributed by atoms with Crippen LogP contribution in [-0.4, -0.2) is 49.7 Å². The van der Waals surface area contributed by atoms with E-state index in [0.717, 1.165) is 58.7 Å². The Bertz CT molecular complexity index is 1280. The minimum atomic E-state index is -0.124. The number of aromatic nitrogens is 4. The first-order chi connectivity index (χ1) is 17.1. The maximum absolute atomic E-state index is 12.7. The van der Waals surface area contributed by atoms with E-state index in [1.807, 2.05) is 17.3 Å². The molecule has 2 atom stereocenters. The molecule has 0 radical (unpaired) electrons. The summed E-state index contributed by atoms with van der Waals surface area (Å²) in [6.07, 6.45) is 8.70. The van der Waals surface area contributed by atoms with Gasteiger partial charge in [-0.2, -0.15) is 0 Å². The number of piperidine rings is 1. The average molecular weight is 469 g/mol. The van der Waals surface area contributed by atoms with Gasteiger partial charge in [0, 0.05) is 6.04 Å². The second-order valence-electron chi connectivity index (χ2n) is 8.90. The lowest BCUT2D eigenvalue weighted by atomic mass is 9.95. The van der Waals surface area contributed by atoms with Crippen molar-refractivity contribution in [2.24, 2.45) is 0 Å². The Balaban J connectivity index is 1.33. The Hall–Kier alpha value is -4.20. The molecule has 178 valence electrons. The number of amides is 2. The van der Waals surface area contributed by atoms with Gasteiger partial charge in [-0.3, -0.25) is 9.59 Å². The van der Waals surface area contributed by atoms with Gasteiger partial charge in [0.15, 0.2) is 0 Å². The monoisotopic (exact) mass is 468 g/mol. The van der Waals surface area contributed by atoms with Crippen LogP contribution in [0.4, 0.5) is 0 Å². The summed E-state index contributed by atoms with van der Waals surface area (Å²) in [5.41, 5.74) is 6.31. The van der Waals surface area contributed by atoms with Crippen molar-refractivity contribution in [3.8, 4) is 33.6 Å². The highest BCUT2D eigenvalue weighted by atomic mass is 16.2. The summed E-state index contributed by atoms with van der Waals surface area (Å²) in [7, 11) is 0. The molecule has 3 N–H and O–H groups in total. The van der Waals surface area contributed by atoms with Gasteiger partial charge in [0.25, 0.3) is 0 Å². The van der Waals surface area contributed by atoms with Crippen molar-refractivity contribution in [1.82, 2.24) is 30.2 Å². The van der Waals surface area contributed by atoms with Crippen molar-refractivity contribution < 1.29 is 9.59 Å². The van der Waals surface area contributed by atoms with Crippen molar-refractivity contribution in [3.05, 3.63) is 73.1 Å². The van der Waals surface area contributed by atoms with Crippen LogP contribution in [0.25, 0.3) is 33.6 Å². The number of nitrogens with one attached hydrogen (secondary N) is 3. The quantitative estimate of drug-likeness (QED) is 0.351. The minimum Gasteiger partial charge on any atom is -0.350 e. The minimum absolute atomic E-state index is 0.00222. The number of H-pyrrole nitrogens is 2. The summed E-state index contributed by atoms with van der Waals surface area (Å²) in [4.78, 5) is 40.5. The van der Waals surface area contributed by atoms with Gasteiger partial charge >= 0.3 is 0 Å². The fraction of sp³-hybridized carbons (Fsp3) is 0.259. The molecule has 0 saturated carbocycles. The highest BCUT2D eigenvalue weighted by Crippen LogP contribution is 2.34. The number of hydrogen-bond acceptors (Lipinski definition) is 4. The Morgan fingerprint density at radius 1 is 1.00 bits per heavy atom. The van der Waals surface area contributed by atoms with Crippen molar-refractivity contribution >= 4 is 12.3 Å². The normalized spacial score (nSPS) is 17.8. The van der Waals surface area contributed by atoms with Crippen LogP contribution in [0.1, 0.15) is 38.1 Å². The third-order valence-electron chi connectivity index (χ3n) is 6.67. The third kappa shape index (κ3) is 4.73. The lowest BCUT2D eigenvalue weighted by Gasteiger charge is -2.39. The first-order valence-electron chi connectivity index (χ1n) is 11.9. The Kier molecular flexibility index (Phi) is 6.43. The zero-order chi connectivity index (χ0) is 24.2. The molecular formula is C27H28N6O2. The molecule has 2 amide bonds. The molecule has 1 aliphatic rings. The molecule has 1 fully saturated rings.